The van der Waals surface area contributed by atoms with Crippen LogP contribution in [-0.4, -0.2) is 13.7 Å². The number of hydrogen-bond acceptors (Lipinski definition) is 2. The Hall–Kier alpha value is -0.730. The number of nitrogens with two attached hydrogens (primary N) is 1. The van der Waals surface area contributed by atoms with Crippen molar-refractivity contribution in [3.63, 3.8) is 0 Å². The molecule has 0 unspecified atom stereocenters. The minimum atomic E-state index is -0.115. The van der Waals surface area contributed by atoms with Gasteiger partial charge in [0.1, 0.15) is 5.75 Å². The second-order valence-corrected chi connectivity index (χ2v) is 4.37. The van der Waals surface area contributed by atoms with E-state index in [0.29, 0.717) is 11.6 Å². The molecule has 0 bridgehead atoms. The molecule has 0 saturated heterocycles. The topological polar surface area (TPSA) is 35.2 Å². The number of ether oxygens (including phenoxy) is 1. The van der Waals surface area contributed by atoms with Gasteiger partial charge in [0.25, 0.3) is 0 Å². The molecular weight excluding hydrogens is 198 g/mol. The zero-order chi connectivity index (χ0) is 10.8. The molecule has 0 amide bonds. The lowest BCUT2D eigenvalue weighted by Gasteiger charge is -2.25. The van der Waals surface area contributed by atoms with E-state index in [1.165, 1.54) is 0 Å². The Bertz CT molecular complexity index is 323. The molecule has 1 aromatic carbocycles. The second kappa shape index (κ2) is 4.20. The van der Waals surface area contributed by atoms with E-state index in [1.807, 2.05) is 18.2 Å². The van der Waals surface area contributed by atoms with Gasteiger partial charge in [0.2, 0.25) is 0 Å². The summed E-state index contributed by atoms with van der Waals surface area (Å²) in [5, 5.41) is 0.710. The summed E-state index contributed by atoms with van der Waals surface area (Å²) in [6.07, 6.45) is 0. The number of rotatable bonds is 3. The highest BCUT2D eigenvalue weighted by Crippen LogP contribution is 2.32. The van der Waals surface area contributed by atoms with E-state index in [9.17, 15) is 0 Å². The first-order valence-electron chi connectivity index (χ1n) is 4.55. The molecule has 0 heterocycles. The van der Waals surface area contributed by atoms with Gasteiger partial charge in [0, 0.05) is 22.5 Å². The molecule has 3 heteroatoms. The molecule has 0 atom stereocenters. The van der Waals surface area contributed by atoms with Gasteiger partial charge in [0.05, 0.1) is 7.11 Å². The number of methoxy groups -OCH3 is 1. The maximum Gasteiger partial charge on any atom is 0.122 e. The van der Waals surface area contributed by atoms with E-state index >= 15 is 0 Å². The zero-order valence-corrected chi connectivity index (χ0v) is 9.56. The summed E-state index contributed by atoms with van der Waals surface area (Å²) >= 11 is 5.94. The van der Waals surface area contributed by atoms with Crippen LogP contribution in [0.1, 0.15) is 19.4 Å². The molecule has 0 fully saturated rings. The van der Waals surface area contributed by atoms with E-state index in [2.05, 4.69) is 13.8 Å². The molecule has 2 nitrogen and oxygen atoms in total. The largest absolute Gasteiger partial charge is 0.496 e. The molecule has 1 aromatic rings. The summed E-state index contributed by atoms with van der Waals surface area (Å²) < 4.78 is 5.27. The Morgan fingerprint density at radius 1 is 1.43 bits per heavy atom. The third-order valence-electron chi connectivity index (χ3n) is 2.40. The van der Waals surface area contributed by atoms with E-state index in [4.69, 9.17) is 22.1 Å². The van der Waals surface area contributed by atoms with Crippen molar-refractivity contribution in [3.05, 3.63) is 28.8 Å². The average Bonchev–Trinajstić information content (AvgIpc) is 2.18. The van der Waals surface area contributed by atoms with E-state index in [0.717, 1.165) is 11.3 Å². The SMILES string of the molecule is COc1ccc(Cl)cc1C(C)(C)CN. The maximum absolute atomic E-state index is 5.94. The lowest BCUT2D eigenvalue weighted by molar-refractivity contribution is 0.394. The van der Waals surface area contributed by atoms with Gasteiger partial charge < -0.3 is 10.5 Å². The monoisotopic (exact) mass is 213 g/mol. The Morgan fingerprint density at radius 3 is 2.57 bits per heavy atom. The summed E-state index contributed by atoms with van der Waals surface area (Å²) in [6.45, 7) is 4.70. The fourth-order valence-corrected chi connectivity index (χ4v) is 1.49. The van der Waals surface area contributed by atoms with Gasteiger partial charge in [-0.1, -0.05) is 25.4 Å². The molecule has 0 radical (unpaired) electrons. The molecule has 1 rings (SSSR count). The van der Waals surface area contributed by atoms with Crippen LogP contribution >= 0.6 is 11.6 Å². The van der Waals surface area contributed by atoms with Crippen molar-refractivity contribution in [2.45, 2.75) is 19.3 Å². The molecule has 2 N–H and O–H groups in total. The fraction of sp³-hybridized carbons (Fsp3) is 0.455. The Kier molecular flexibility index (Phi) is 3.40. The molecule has 0 saturated carbocycles. The fourth-order valence-electron chi connectivity index (χ4n) is 1.32. The highest BCUT2D eigenvalue weighted by molar-refractivity contribution is 6.30. The van der Waals surface area contributed by atoms with Crippen LogP contribution in [0.3, 0.4) is 0 Å². The van der Waals surface area contributed by atoms with Gasteiger partial charge in [0.15, 0.2) is 0 Å². The Balaban J connectivity index is 3.23. The lowest BCUT2D eigenvalue weighted by Crippen LogP contribution is -2.28. The van der Waals surface area contributed by atoms with E-state index in [-0.39, 0.29) is 5.41 Å². The maximum atomic E-state index is 5.94. The van der Waals surface area contributed by atoms with Gasteiger partial charge in [-0.2, -0.15) is 0 Å². The van der Waals surface area contributed by atoms with Crippen LogP contribution < -0.4 is 10.5 Å². The van der Waals surface area contributed by atoms with Gasteiger partial charge in [-0.3, -0.25) is 0 Å². The first kappa shape index (κ1) is 11.3. The smallest absolute Gasteiger partial charge is 0.122 e. The van der Waals surface area contributed by atoms with Crippen molar-refractivity contribution in [2.75, 3.05) is 13.7 Å². The summed E-state index contributed by atoms with van der Waals surface area (Å²) in [6, 6.07) is 5.60. The van der Waals surface area contributed by atoms with Crippen molar-refractivity contribution < 1.29 is 4.74 Å². The van der Waals surface area contributed by atoms with Crippen LogP contribution in [0.2, 0.25) is 5.02 Å². The van der Waals surface area contributed by atoms with Crippen molar-refractivity contribution in [3.8, 4) is 5.75 Å². The Labute approximate surface area is 90.0 Å². The molecule has 0 aliphatic carbocycles. The van der Waals surface area contributed by atoms with Crippen LogP contribution in [0.25, 0.3) is 0 Å². The summed E-state index contributed by atoms with van der Waals surface area (Å²) in [5.41, 5.74) is 6.65. The summed E-state index contributed by atoms with van der Waals surface area (Å²) in [7, 11) is 1.65. The number of halogens is 1. The zero-order valence-electron chi connectivity index (χ0n) is 8.80. The Morgan fingerprint density at radius 2 is 2.07 bits per heavy atom. The van der Waals surface area contributed by atoms with Gasteiger partial charge in [-0.25, -0.2) is 0 Å². The van der Waals surface area contributed by atoms with Gasteiger partial charge >= 0.3 is 0 Å². The highest BCUT2D eigenvalue weighted by atomic mass is 35.5. The number of hydrogen-bond donors (Lipinski definition) is 1. The van der Waals surface area contributed by atoms with Crippen LogP contribution in [0.15, 0.2) is 18.2 Å². The quantitative estimate of drug-likeness (QED) is 0.838. The molecule has 0 aromatic heterocycles. The second-order valence-electron chi connectivity index (χ2n) is 3.93. The molecule has 14 heavy (non-hydrogen) atoms. The summed E-state index contributed by atoms with van der Waals surface area (Å²) in [5.74, 6) is 0.838. The van der Waals surface area contributed by atoms with Crippen molar-refractivity contribution >= 4 is 11.6 Å². The van der Waals surface area contributed by atoms with E-state index in [1.54, 1.807) is 7.11 Å². The number of benzene rings is 1. The van der Waals surface area contributed by atoms with Crippen LogP contribution in [0, 0.1) is 0 Å². The molecule has 0 aliphatic heterocycles. The minimum Gasteiger partial charge on any atom is -0.496 e. The van der Waals surface area contributed by atoms with E-state index < -0.39 is 0 Å². The summed E-state index contributed by atoms with van der Waals surface area (Å²) in [4.78, 5) is 0. The molecule has 0 aliphatic rings. The van der Waals surface area contributed by atoms with Crippen molar-refractivity contribution in [2.24, 2.45) is 5.73 Å². The predicted molar refractivity (Wildman–Crippen MR) is 60.1 cm³/mol. The molecule has 0 spiro atoms. The third kappa shape index (κ3) is 2.20. The normalized spacial score (nSPS) is 11.5. The first-order valence-corrected chi connectivity index (χ1v) is 4.93. The predicted octanol–water partition coefficient (Wildman–Crippen LogP) is 2.58. The third-order valence-corrected chi connectivity index (χ3v) is 2.64. The van der Waals surface area contributed by atoms with Gasteiger partial charge in [-0.05, 0) is 18.2 Å². The van der Waals surface area contributed by atoms with Crippen LogP contribution in [0.4, 0.5) is 0 Å². The van der Waals surface area contributed by atoms with Crippen molar-refractivity contribution in [1.82, 2.24) is 0 Å². The van der Waals surface area contributed by atoms with Crippen LogP contribution in [-0.2, 0) is 5.41 Å². The molecular formula is C11H16ClNO. The highest BCUT2D eigenvalue weighted by Gasteiger charge is 2.22. The van der Waals surface area contributed by atoms with Gasteiger partial charge in [-0.15, -0.1) is 0 Å². The van der Waals surface area contributed by atoms with Crippen molar-refractivity contribution in [1.29, 1.82) is 0 Å². The first-order chi connectivity index (χ1) is 6.51. The lowest BCUT2D eigenvalue weighted by atomic mass is 9.84. The minimum absolute atomic E-state index is 0.115. The average molecular weight is 214 g/mol. The standard InChI is InChI=1S/C11H16ClNO/c1-11(2,7-13)9-6-8(12)4-5-10(9)14-3/h4-6H,7,13H2,1-3H3. The van der Waals surface area contributed by atoms with Crippen LogP contribution in [0.5, 0.6) is 5.75 Å². The molecule has 78 valence electrons.